The van der Waals surface area contributed by atoms with Gasteiger partial charge in [0.2, 0.25) is 0 Å². The third kappa shape index (κ3) is 6.38. The summed E-state index contributed by atoms with van der Waals surface area (Å²) in [4.78, 5) is 0.662. The molecule has 4 aromatic rings. The van der Waals surface area contributed by atoms with Crippen LogP contribution in [0, 0.1) is 11.6 Å². The first kappa shape index (κ1) is 26.0. The van der Waals surface area contributed by atoms with Crippen molar-refractivity contribution in [1.29, 1.82) is 0 Å². The average molecular weight is 565 g/mol. The van der Waals surface area contributed by atoms with Gasteiger partial charge >= 0.3 is 0 Å². The van der Waals surface area contributed by atoms with Crippen molar-refractivity contribution >= 4 is 53.0 Å². The van der Waals surface area contributed by atoms with Gasteiger partial charge in [-0.2, -0.15) is 0 Å². The number of benzene rings is 4. The molecule has 0 saturated carbocycles. The Morgan fingerprint density at radius 2 is 0.917 bits per heavy atom. The molecule has 36 heavy (non-hydrogen) atoms. The van der Waals surface area contributed by atoms with Gasteiger partial charge in [-0.25, -0.2) is 25.6 Å². The minimum atomic E-state index is -4.04. The minimum Gasteiger partial charge on any atom is -0.278 e. The van der Waals surface area contributed by atoms with Crippen molar-refractivity contribution in [2.24, 2.45) is 0 Å². The maximum atomic E-state index is 13.5. The van der Waals surface area contributed by atoms with Gasteiger partial charge in [0.25, 0.3) is 20.0 Å². The lowest BCUT2D eigenvalue weighted by atomic mass is 10.3. The maximum absolute atomic E-state index is 13.5. The molecular formula is C24H18F2N2O4S4. The lowest BCUT2D eigenvalue weighted by Gasteiger charge is -2.14. The fourth-order valence-corrected chi connectivity index (χ4v) is 7.64. The van der Waals surface area contributed by atoms with Crippen LogP contribution in [0.5, 0.6) is 0 Å². The molecule has 0 saturated heterocycles. The maximum Gasteiger partial charge on any atom is 0.262 e. The zero-order chi connectivity index (χ0) is 25.8. The highest BCUT2D eigenvalue weighted by Gasteiger charge is 2.19. The molecule has 4 aromatic carbocycles. The number of rotatable bonds is 9. The molecule has 0 atom stereocenters. The van der Waals surface area contributed by atoms with E-state index in [0.29, 0.717) is 9.79 Å². The summed E-state index contributed by atoms with van der Waals surface area (Å²) in [6.07, 6.45) is 0. The van der Waals surface area contributed by atoms with E-state index in [2.05, 4.69) is 9.44 Å². The van der Waals surface area contributed by atoms with E-state index in [1.54, 1.807) is 48.5 Å². The Bertz CT molecular complexity index is 1490. The first-order valence-corrected chi connectivity index (χ1v) is 15.3. The topological polar surface area (TPSA) is 92.3 Å². The van der Waals surface area contributed by atoms with Crippen molar-refractivity contribution in [3.05, 3.63) is 109 Å². The van der Waals surface area contributed by atoms with Crippen molar-refractivity contribution in [1.82, 2.24) is 0 Å². The van der Waals surface area contributed by atoms with Crippen LogP contribution in [0.2, 0.25) is 0 Å². The van der Waals surface area contributed by atoms with Crippen LogP contribution >= 0.6 is 21.6 Å². The lowest BCUT2D eigenvalue weighted by molar-refractivity contribution is 0.594. The molecule has 2 N–H and O–H groups in total. The summed E-state index contributed by atoms with van der Waals surface area (Å²) in [7, 11) is -5.69. The molecule has 0 aromatic heterocycles. The Hall–Kier alpha value is -3.06. The normalized spacial score (nSPS) is 11.7. The molecule has 12 heteroatoms. The quantitative estimate of drug-likeness (QED) is 0.230. The summed E-state index contributed by atoms with van der Waals surface area (Å²) in [5.74, 6) is -1.35. The van der Waals surface area contributed by atoms with Gasteiger partial charge in [-0.1, -0.05) is 58.0 Å². The van der Waals surface area contributed by atoms with Crippen LogP contribution in [0.3, 0.4) is 0 Å². The predicted molar refractivity (Wildman–Crippen MR) is 139 cm³/mol. The molecule has 0 spiro atoms. The van der Waals surface area contributed by atoms with Crippen molar-refractivity contribution in [3.63, 3.8) is 0 Å². The predicted octanol–water partition coefficient (Wildman–Crippen LogP) is 6.37. The number of anilines is 2. The van der Waals surface area contributed by atoms with Crippen LogP contribution in [-0.4, -0.2) is 16.8 Å². The molecule has 6 nitrogen and oxygen atoms in total. The summed E-state index contributed by atoms with van der Waals surface area (Å²) in [5.41, 5.74) is 0.550. The molecule has 4 rings (SSSR count). The molecule has 0 aliphatic carbocycles. The van der Waals surface area contributed by atoms with Gasteiger partial charge in [0, 0.05) is 9.79 Å². The van der Waals surface area contributed by atoms with E-state index in [0.717, 1.165) is 24.3 Å². The molecule has 0 aliphatic rings. The summed E-state index contributed by atoms with van der Waals surface area (Å²) in [6.45, 7) is 0. The monoisotopic (exact) mass is 564 g/mol. The second kappa shape index (κ2) is 10.9. The first-order valence-electron chi connectivity index (χ1n) is 10.2. The van der Waals surface area contributed by atoms with Gasteiger partial charge in [-0.15, -0.1) is 0 Å². The van der Waals surface area contributed by atoms with E-state index >= 15 is 0 Å². The van der Waals surface area contributed by atoms with E-state index in [4.69, 9.17) is 0 Å². The number of hydrogen-bond donors (Lipinski definition) is 2. The molecule has 0 amide bonds. The molecule has 0 radical (unpaired) electrons. The molecule has 0 bridgehead atoms. The van der Waals surface area contributed by atoms with Crippen LogP contribution in [0.15, 0.2) is 117 Å². The first-order chi connectivity index (χ1) is 17.1. The summed E-state index contributed by atoms with van der Waals surface area (Å²) >= 11 is 0. The zero-order valence-corrected chi connectivity index (χ0v) is 21.5. The number of hydrogen-bond acceptors (Lipinski definition) is 6. The third-order valence-corrected chi connectivity index (χ3v) is 9.90. The van der Waals surface area contributed by atoms with Crippen LogP contribution in [-0.2, 0) is 20.0 Å². The molecular weight excluding hydrogens is 547 g/mol. The fourth-order valence-electron chi connectivity index (χ4n) is 3.01. The Kier molecular flexibility index (Phi) is 7.88. The third-order valence-electron chi connectivity index (χ3n) is 4.70. The van der Waals surface area contributed by atoms with Gasteiger partial charge in [0.15, 0.2) is 0 Å². The van der Waals surface area contributed by atoms with Crippen LogP contribution < -0.4 is 9.44 Å². The minimum absolute atomic E-state index is 0.216. The summed E-state index contributed by atoms with van der Waals surface area (Å²) < 4.78 is 83.0. The Balaban J connectivity index is 1.54. The van der Waals surface area contributed by atoms with Crippen molar-refractivity contribution in [2.75, 3.05) is 9.44 Å². The van der Waals surface area contributed by atoms with E-state index in [9.17, 15) is 25.6 Å². The van der Waals surface area contributed by atoms with E-state index in [1.807, 2.05) is 0 Å². The highest BCUT2D eigenvalue weighted by molar-refractivity contribution is 8.76. The van der Waals surface area contributed by atoms with E-state index in [1.165, 1.54) is 45.9 Å². The van der Waals surface area contributed by atoms with Gasteiger partial charge in [-0.05, 0) is 60.7 Å². The summed E-state index contributed by atoms with van der Waals surface area (Å²) in [6, 6.07) is 22.6. The van der Waals surface area contributed by atoms with Crippen molar-refractivity contribution < 1.29 is 25.6 Å². The number of nitrogens with one attached hydrogen (secondary N) is 2. The fraction of sp³-hybridized carbons (Fsp3) is 0. The van der Waals surface area contributed by atoms with Crippen LogP contribution in [0.4, 0.5) is 20.2 Å². The second-order valence-electron chi connectivity index (χ2n) is 7.28. The smallest absolute Gasteiger partial charge is 0.262 e. The van der Waals surface area contributed by atoms with Gasteiger partial charge in [-0.3, -0.25) is 9.44 Å². The van der Waals surface area contributed by atoms with Crippen LogP contribution in [0.1, 0.15) is 0 Å². The number of para-hydroxylation sites is 2. The Morgan fingerprint density at radius 1 is 0.528 bits per heavy atom. The van der Waals surface area contributed by atoms with Crippen molar-refractivity contribution in [2.45, 2.75) is 19.6 Å². The van der Waals surface area contributed by atoms with Gasteiger partial charge in [0.1, 0.15) is 11.6 Å². The molecule has 0 unspecified atom stereocenters. The Morgan fingerprint density at radius 3 is 1.31 bits per heavy atom. The highest BCUT2D eigenvalue weighted by atomic mass is 33.1. The molecule has 0 fully saturated rings. The Labute approximate surface area is 215 Å². The average Bonchev–Trinajstić information content (AvgIpc) is 2.84. The number of halogens is 2. The lowest BCUT2D eigenvalue weighted by Crippen LogP contribution is -2.14. The largest absolute Gasteiger partial charge is 0.278 e. The second-order valence-corrected chi connectivity index (χ2v) is 12.9. The molecule has 0 heterocycles. The van der Waals surface area contributed by atoms with Crippen molar-refractivity contribution in [3.8, 4) is 0 Å². The molecule has 186 valence electrons. The zero-order valence-electron chi connectivity index (χ0n) is 18.3. The van der Waals surface area contributed by atoms with Gasteiger partial charge in [0.05, 0.1) is 21.2 Å². The van der Waals surface area contributed by atoms with E-state index in [-0.39, 0.29) is 21.2 Å². The summed E-state index contributed by atoms with van der Waals surface area (Å²) in [5, 5.41) is 0. The van der Waals surface area contributed by atoms with E-state index < -0.39 is 31.7 Å². The van der Waals surface area contributed by atoms with Crippen LogP contribution in [0.25, 0.3) is 0 Å². The number of sulfonamides is 2. The standard InChI is InChI=1S/C24H18F2N2O4S4/c25-17-7-5-9-19(15-17)35(29,30)27-21-11-1-3-13-23(21)33-34-24-14-4-2-12-22(24)28-36(31,32)20-10-6-8-18(26)16-20/h1-16,27-28H. The molecule has 0 aliphatic heterocycles. The SMILES string of the molecule is O=S(=O)(Nc1ccccc1SSc1ccccc1NS(=O)(=O)c1cccc(F)c1)c1cccc(F)c1. The highest BCUT2D eigenvalue weighted by Crippen LogP contribution is 2.44. The van der Waals surface area contributed by atoms with Gasteiger partial charge < -0.3 is 0 Å².